The molecule has 0 rings (SSSR count). The van der Waals surface area contributed by atoms with Crippen molar-refractivity contribution >= 4 is 69.5 Å². The van der Waals surface area contributed by atoms with Gasteiger partial charge in [0.05, 0.1) is 0 Å². The molecule has 0 aromatic carbocycles. The first-order valence-corrected chi connectivity index (χ1v) is 0. The molecule has 0 heterocycles. The Bertz CT molecular complexity index is 8.00. The van der Waals surface area contributed by atoms with E-state index in [1.165, 1.54) is 0 Å². The van der Waals surface area contributed by atoms with E-state index in [-0.39, 0.29) is 89.0 Å². The number of hydrogen-bond donors (Lipinski definition) is 0. The molecular formula is GaInSnZn. The van der Waals surface area contributed by atoms with Crippen molar-refractivity contribution in [1.82, 2.24) is 0 Å². The summed E-state index contributed by atoms with van der Waals surface area (Å²) in [6.45, 7) is 0. The maximum atomic E-state index is 0. The summed E-state index contributed by atoms with van der Waals surface area (Å²) in [6.07, 6.45) is 0. The molecule has 10 radical (unpaired) electrons. The van der Waals surface area contributed by atoms with E-state index in [0.29, 0.717) is 0 Å². The topological polar surface area (TPSA) is 0 Å². The van der Waals surface area contributed by atoms with Crippen molar-refractivity contribution in [3.05, 3.63) is 0 Å². The van der Waals surface area contributed by atoms with Gasteiger partial charge in [0.2, 0.25) is 0 Å². The van der Waals surface area contributed by atoms with Gasteiger partial charge in [-0.2, -0.15) is 0 Å². The molecule has 0 nitrogen and oxygen atoms in total. The first-order valence-electron chi connectivity index (χ1n) is 0. The van der Waals surface area contributed by atoms with Crippen LogP contribution in [0.25, 0.3) is 0 Å². The molecule has 0 saturated carbocycles. The molecule has 0 saturated heterocycles. The van der Waals surface area contributed by atoms with E-state index >= 15 is 0 Å². The van der Waals surface area contributed by atoms with Crippen molar-refractivity contribution in [1.29, 1.82) is 0 Å². The Morgan fingerprint density at radius 3 is 1.00 bits per heavy atom. The van der Waals surface area contributed by atoms with Crippen molar-refractivity contribution in [2.75, 3.05) is 0 Å². The Morgan fingerprint density at radius 2 is 1.00 bits per heavy atom. The summed E-state index contributed by atoms with van der Waals surface area (Å²) in [5.74, 6) is 0. The van der Waals surface area contributed by atoms with Crippen LogP contribution in [0.4, 0.5) is 0 Å². The molecule has 0 spiro atoms. The van der Waals surface area contributed by atoms with Crippen LogP contribution in [0.5, 0.6) is 0 Å². The number of hydrogen-bond acceptors (Lipinski definition) is 0. The van der Waals surface area contributed by atoms with Gasteiger partial charge in [-0.25, -0.2) is 0 Å². The van der Waals surface area contributed by atoms with Gasteiger partial charge in [-0.15, -0.1) is 0 Å². The quantitative estimate of drug-likeness (QED) is 0.474. The first kappa shape index (κ1) is 28.4. The maximum absolute atomic E-state index is 0. The van der Waals surface area contributed by atoms with E-state index in [0.717, 1.165) is 0 Å². The van der Waals surface area contributed by atoms with Crippen LogP contribution in [-0.2, 0) is 19.5 Å². The predicted octanol–water partition coefficient (Wildman–Crippen LogP) is -1.14. The molecule has 0 aliphatic carbocycles. The summed E-state index contributed by atoms with van der Waals surface area (Å²) >= 11 is 0. The van der Waals surface area contributed by atoms with Gasteiger partial charge in [0.15, 0.2) is 0 Å². The summed E-state index contributed by atoms with van der Waals surface area (Å²) in [7, 11) is 0. The van der Waals surface area contributed by atoms with Gasteiger partial charge >= 0.3 is 0 Å². The fourth-order valence-corrected chi connectivity index (χ4v) is 0. The summed E-state index contributed by atoms with van der Waals surface area (Å²) in [5, 5.41) is 0. The molecule has 4 heavy (non-hydrogen) atoms. The van der Waals surface area contributed by atoms with Crippen LogP contribution in [0, 0.1) is 0 Å². The average Bonchev–Trinajstić information content (AvgIpc) is 0. The second kappa shape index (κ2) is 16.8. The molecule has 0 amide bonds. The molecule has 0 aliphatic heterocycles. The van der Waals surface area contributed by atoms with Crippen molar-refractivity contribution in [2.24, 2.45) is 0 Å². The Morgan fingerprint density at radius 1 is 1.00 bits per heavy atom. The second-order valence-electron chi connectivity index (χ2n) is 0. The minimum absolute atomic E-state index is 0. The Kier molecular flexibility index (Phi) is 119. The fourth-order valence-electron chi connectivity index (χ4n) is 0. The van der Waals surface area contributed by atoms with Gasteiger partial charge in [0, 0.05) is 89.0 Å². The number of rotatable bonds is 0. The predicted molar refractivity (Wildman–Crippen MR) is 17.3 cm³/mol. The van der Waals surface area contributed by atoms with Crippen LogP contribution in [0.3, 0.4) is 0 Å². The molecule has 0 aromatic heterocycles. The molecule has 0 aliphatic rings. The van der Waals surface area contributed by atoms with E-state index in [1.807, 2.05) is 0 Å². The molecule has 4 heteroatoms. The second-order valence-corrected chi connectivity index (χ2v) is 0. The Hall–Kier alpha value is 2.93. The van der Waals surface area contributed by atoms with Crippen molar-refractivity contribution in [3.63, 3.8) is 0 Å². The Labute approximate surface area is 87.4 Å². The van der Waals surface area contributed by atoms with Crippen molar-refractivity contribution < 1.29 is 19.5 Å². The molecule has 12 valence electrons. The van der Waals surface area contributed by atoms with E-state index in [9.17, 15) is 0 Å². The maximum Gasteiger partial charge on any atom is 0 e. The van der Waals surface area contributed by atoms with Crippen LogP contribution >= 0.6 is 0 Å². The largest absolute Gasteiger partial charge is 0 e. The van der Waals surface area contributed by atoms with E-state index in [4.69, 9.17) is 0 Å². The average molecular weight is 369 g/mol. The van der Waals surface area contributed by atoms with Gasteiger partial charge in [-0.1, -0.05) is 0 Å². The molecule has 0 atom stereocenters. The summed E-state index contributed by atoms with van der Waals surface area (Å²) in [6, 6.07) is 0. The minimum atomic E-state index is 0. The zero-order valence-corrected chi connectivity index (χ0v) is 13.9. The molecule has 0 bridgehead atoms. The Balaban J connectivity index is 0. The molecule has 0 fully saturated rings. The van der Waals surface area contributed by atoms with Gasteiger partial charge in [-0.3, -0.25) is 0 Å². The van der Waals surface area contributed by atoms with Gasteiger partial charge in [-0.05, 0) is 0 Å². The zero-order chi connectivity index (χ0) is 0. The summed E-state index contributed by atoms with van der Waals surface area (Å²) in [4.78, 5) is 0. The van der Waals surface area contributed by atoms with Gasteiger partial charge in [0.1, 0.15) is 0 Å². The smallest absolute Gasteiger partial charge is 0 e. The summed E-state index contributed by atoms with van der Waals surface area (Å²) < 4.78 is 0. The normalized spacial score (nSPS) is 0. The monoisotopic (exact) mass is 368 g/mol. The molecule has 0 N–H and O–H groups in total. The molecule has 0 aromatic rings. The fraction of sp³-hybridized carbons (Fsp3) is 0. The van der Waals surface area contributed by atoms with Crippen molar-refractivity contribution in [2.45, 2.75) is 0 Å². The third-order valence-corrected chi connectivity index (χ3v) is 0. The van der Waals surface area contributed by atoms with E-state index < -0.39 is 0 Å². The van der Waals surface area contributed by atoms with Crippen molar-refractivity contribution in [3.8, 4) is 0 Å². The summed E-state index contributed by atoms with van der Waals surface area (Å²) in [5.41, 5.74) is 0. The SMILES string of the molecule is [Ga].[In].[Sn].[Zn]. The third-order valence-electron chi connectivity index (χ3n) is 0. The van der Waals surface area contributed by atoms with Crippen LogP contribution in [-0.4, -0.2) is 69.5 Å². The zero-order valence-electron chi connectivity index (χ0n) is 2.36. The van der Waals surface area contributed by atoms with Gasteiger partial charge < -0.3 is 0 Å². The van der Waals surface area contributed by atoms with E-state index in [2.05, 4.69) is 0 Å². The van der Waals surface area contributed by atoms with Crippen LogP contribution in [0.15, 0.2) is 0 Å². The first-order chi connectivity index (χ1) is 0. The molecular weight excluding hydrogens is 369 g/mol. The van der Waals surface area contributed by atoms with Crippen LogP contribution < -0.4 is 0 Å². The molecule has 0 unspecified atom stereocenters. The van der Waals surface area contributed by atoms with Gasteiger partial charge in [0.25, 0.3) is 0 Å². The van der Waals surface area contributed by atoms with Crippen LogP contribution in [0.1, 0.15) is 0 Å². The minimum Gasteiger partial charge on any atom is 0 e. The van der Waals surface area contributed by atoms with E-state index in [1.54, 1.807) is 0 Å². The van der Waals surface area contributed by atoms with Crippen LogP contribution in [0.2, 0.25) is 0 Å². The standard InChI is InChI=1S/Ga.In.Sn.Zn. The third kappa shape index (κ3) is 8.87.